The number of alkyl halides is 3. The molecule has 2 rings (SSSR count). The van der Waals surface area contributed by atoms with E-state index in [0.717, 1.165) is 6.92 Å². The van der Waals surface area contributed by atoms with Crippen LogP contribution in [0, 0.1) is 0 Å². The number of aromatic hydroxyl groups is 2. The molecule has 0 saturated carbocycles. The fraction of sp³-hybridized carbons (Fsp3) is 0.200. The van der Waals surface area contributed by atoms with Gasteiger partial charge < -0.3 is 10.2 Å². The predicted molar refractivity (Wildman–Crippen MR) is 68.7 cm³/mol. The number of hydrogen-bond donors (Lipinski definition) is 2. The maximum atomic E-state index is 13.6. The van der Waals surface area contributed by atoms with Gasteiger partial charge in [-0.2, -0.15) is 13.2 Å². The Morgan fingerprint density at radius 2 is 1.40 bits per heavy atom. The van der Waals surface area contributed by atoms with Crippen molar-refractivity contribution in [3.05, 3.63) is 59.7 Å². The Kier molecular flexibility index (Phi) is 3.38. The van der Waals surface area contributed by atoms with Gasteiger partial charge in [0.25, 0.3) is 0 Å². The van der Waals surface area contributed by atoms with Crippen LogP contribution >= 0.6 is 0 Å². The summed E-state index contributed by atoms with van der Waals surface area (Å²) in [5, 5.41) is 19.0. The van der Waals surface area contributed by atoms with Crippen LogP contribution in [0.15, 0.2) is 48.5 Å². The summed E-state index contributed by atoms with van der Waals surface area (Å²) in [4.78, 5) is 0. The van der Waals surface area contributed by atoms with E-state index in [0.29, 0.717) is 0 Å². The smallest absolute Gasteiger partial charge is 0.402 e. The molecule has 2 aromatic carbocycles. The number of phenols is 2. The lowest BCUT2D eigenvalue weighted by atomic mass is 9.75. The second-order valence-electron chi connectivity index (χ2n) is 4.69. The van der Waals surface area contributed by atoms with E-state index in [-0.39, 0.29) is 16.9 Å². The Hall–Kier alpha value is -2.17. The number of benzene rings is 2. The monoisotopic (exact) mass is 282 g/mol. The zero-order valence-electron chi connectivity index (χ0n) is 10.6. The van der Waals surface area contributed by atoms with Crippen LogP contribution < -0.4 is 0 Å². The molecule has 0 spiro atoms. The van der Waals surface area contributed by atoms with Gasteiger partial charge in [0.1, 0.15) is 16.9 Å². The lowest BCUT2D eigenvalue weighted by Gasteiger charge is -2.33. The van der Waals surface area contributed by atoms with Crippen LogP contribution in [-0.2, 0) is 5.41 Å². The first-order valence-electron chi connectivity index (χ1n) is 5.91. The summed E-state index contributed by atoms with van der Waals surface area (Å²) in [5.74, 6) is -0.532. The number of para-hydroxylation sites is 1. The van der Waals surface area contributed by atoms with Crippen molar-refractivity contribution in [3.8, 4) is 11.5 Å². The normalized spacial score (nSPS) is 14.8. The minimum absolute atomic E-state index is 0.0516. The summed E-state index contributed by atoms with van der Waals surface area (Å²) in [7, 11) is 0. The quantitative estimate of drug-likeness (QED) is 0.875. The molecule has 0 amide bonds. The van der Waals surface area contributed by atoms with E-state index < -0.39 is 17.3 Å². The fourth-order valence-corrected chi connectivity index (χ4v) is 2.16. The Morgan fingerprint density at radius 3 is 1.90 bits per heavy atom. The van der Waals surface area contributed by atoms with Crippen molar-refractivity contribution in [2.24, 2.45) is 0 Å². The van der Waals surface area contributed by atoms with E-state index in [2.05, 4.69) is 0 Å². The van der Waals surface area contributed by atoms with E-state index >= 15 is 0 Å². The molecule has 0 aliphatic heterocycles. The van der Waals surface area contributed by atoms with Gasteiger partial charge in [-0.15, -0.1) is 0 Å². The molecule has 2 nitrogen and oxygen atoms in total. The van der Waals surface area contributed by atoms with Crippen molar-refractivity contribution < 1.29 is 23.4 Å². The van der Waals surface area contributed by atoms with Crippen LogP contribution in [0.1, 0.15) is 18.1 Å². The van der Waals surface area contributed by atoms with Crippen molar-refractivity contribution in [2.45, 2.75) is 18.5 Å². The van der Waals surface area contributed by atoms with E-state index in [1.807, 2.05) is 0 Å². The van der Waals surface area contributed by atoms with Gasteiger partial charge in [0, 0.05) is 5.56 Å². The third-order valence-electron chi connectivity index (χ3n) is 3.45. The summed E-state index contributed by atoms with van der Waals surface area (Å²) in [6.45, 7) is 1.01. The topological polar surface area (TPSA) is 40.5 Å². The second kappa shape index (κ2) is 4.74. The molecular formula is C15H13F3O2. The van der Waals surface area contributed by atoms with Gasteiger partial charge in [-0.3, -0.25) is 0 Å². The average Bonchev–Trinajstić information content (AvgIpc) is 2.38. The van der Waals surface area contributed by atoms with E-state index in [9.17, 15) is 23.4 Å². The van der Waals surface area contributed by atoms with Gasteiger partial charge in [-0.05, 0) is 30.7 Å². The molecular weight excluding hydrogens is 269 g/mol. The number of rotatable bonds is 2. The Morgan fingerprint density at radius 1 is 0.850 bits per heavy atom. The standard InChI is InChI=1S/C15H13F3O2/c1-14(15(16,17)18,10-6-8-11(19)9-7-10)12-4-2-3-5-13(12)20/h2-9,19-20H,1H3. The fourth-order valence-electron chi connectivity index (χ4n) is 2.16. The molecule has 1 atom stereocenters. The maximum Gasteiger partial charge on any atom is 0.402 e. The van der Waals surface area contributed by atoms with Gasteiger partial charge in [-0.1, -0.05) is 30.3 Å². The van der Waals surface area contributed by atoms with Crippen LogP contribution in [0.2, 0.25) is 0 Å². The summed E-state index contributed by atoms with van der Waals surface area (Å²) in [6.07, 6.45) is -4.59. The SMILES string of the molecule is CC(c1ccc(O)cc1)(c1ccccc1O)C(F)(F)F. The molecule has 5 heteroatoms. The predicted octanol–water partition coefficient (Wildman–Crippen LogP) is 3.97. The lowest BCUT2D eigenvalue weighted by molar-refractivity contribution is -0.173. The van der Waals surface area contributed by atoms with Gasteiger partial charge in [0.2, 0.25) is 0 Å². The number of halogens is 3. The first-order chi connectivity index (χ1) is 9.26. The number of hydrogen-bond acceptors (Lipinski definition) is 2. The molecule has 1 unspecified atom stereocenters. The summed E-state index contributed by atoms with van der Waals surface area (Å²) in [5.41, 5.74) is -2.63. The molecule has 0 aliphatic rings. The Bertz CT molecular complexity index is 605. The third-order valence-corrected chi connectivity index (χ3v) is 3.45. The molecule has 106 valence electrons. The molecule has 20 heavy (non-hydrogen) atoms. The van der Waals surface area contributed by atoms with E-state index in [1.165, 1.54) is 48.5 Å². The van der Waals surface area contributed by atoms with Crippen molar-refractivity contribution in [2.75, 3.05) is 0 Å². The molecule has 2 aromatic rings. The average molecular weight is 282 g/mol. The maximum absolute atomic E-state index is 13.6. The third kappa shape index (κ3) is 2.19. The largest absolute Gasteiger partial charge is 0.508 e. The van der Waals surface area contributed by atoms with Crippen LogP contribution in [0.4, 0.5) is 13.2 Å². The summed E-state index contributed by atoms with van der Waals surface area (Å²) in [6, 6.07) is 10.2. The molecule has 0 saturated heterocycles. The molecule has 0 aromatic heterocycles. The van der Waals surface area contributed by atoms with Gasteiger partial charge in [0.15, 0.2) is 0 Å². The molecule has 0 fully saturated rings. The Labute approximate surface area is 114 Å². The highest BCUT2D eigenvalue weighted by atomic mass is 19.4. The minimum atomic E-state index is -4.59. The van der Waals surface area contributed by atoms with Crippen molar-refractivity contribution >= 4 is 0 Å². The molecule has 0 radical (unpaired) electrons. The van der Waals surface area contributed by atoms with Crippen LogP contribution in [-0.4, -0.2) is 16.4 Å². The molecule has 0 aliphatic carbocycles. The van der Waals surface area contributed by atoms with Gasteiger partial charge >= 0.3 is 6.18 Å². The highest BCUT2D eigenvalue weighted by molar-refractivity contribution is 5.48. The first kappa shape index (κ1) is 14.2. The van der Waals surface area contributed by atoms with Crippen LogP contribution in [0.25, 0.3) is 0 Å². The van der Waals surface area contributed by atoms with Gasteiger partial charge in [0.05, 0.1) is 0 Å². The summed E-state index contributed by atoms with van der Waals surface area (Å²) >= 11 is 0. The molecule has 0 heterocycles. The lowest BCUT2D eigenvalue weighted by Crippen LogP contribution is -2.40. The zero-order valence-corrected chi connectivity index (χ0v) is 10.6. The molecule has 2 N–H and O–H groups in total. The van der Waals surface area contributed by atoms with E-state index in [1.54, 1.807) is 0 Å². The van der Waals surface area contributed by atoms with Crippen LogP contribution in [0.5, 0.6) is 11.5 Å². The van der Waals surface area contributed by atoms with Crippen molar-refractivity contribution in [3.63, 3.8) is 0 Å². The highest BCUT2D eigenvalue weighted by Gasteiger charge is 2.54. The van der Waals surface area contributed by atoms with E-state index in [4.69, 9.17) is 0 Å². The van der Waals surface area contributed by atoms with Gasteiger partial charge in [-0.25, -0.2) is 0 Å². The van der Waals surface area contributed by atoms with Crippen molar-refractivity contribution in [1.82, 2.24) is 0 Å². The van der Waals surface area contributed by atoms with Crippen LogP contribution in [0.3, 0.4) is 0 Å². The Balaban J connectivity index is 2.70. The minimum Gasteiger partial charge on any atom is -0.508 e. The highest BCUT2D eigenvalue weighted by Crippen LogP contribution is 2.48. The zero-order chi connectivity index (χ0) is 15.0. The first-order valence-corrected chi connectivity index (χ1v) is 5.91. The van der Waals surface area contributed by atoms with Crippen molar-refractivity contribution in [1.29, 1.82) is 0 Å². The molecule has 0 bridgehead atoms. The summed E-state index contributed by atoms with van der Waals surface area (Å²) < 4.78 is 40.7. The number of phenolic OH excluding ortho intramolecular Hbond substituents is 2. The second-order valence-corrected chi connectivity index (χ2v) is 4.69.